The number of H-pyrrole nitrogens is 1. The summed E-state index contributed by atoms with van der Waals surface area (Å²) in [6.45, 7) is 6.50. The van der Waals surface area contributed by atoms with Crippen LogP contribution in [-0.4, -0.2) is 21.6 Å². The molecule has 0 atom stereocenters. The van der Waals surface area contributed by atoms with E-state index in [0.29, 0.717) is 24.7 Å². The Bertz CT molecular complexity index is 949. The second-order valence-corrected chi connectivity index (χ2v) is 5.73. The first kappa shape index (κ1) is 17.4. The average molecular weight is 348 g/mol. The maximum Gasteiger partial charge on any atom is 0.251 e. The van der Waals surface area contributed by atoms with Crippen molar-refractivity contribution in [2.75, 3.05) is 11.9 Å². The first-order valence-corrected chi connectivity index (χ1v) is 8.25. The van der Waals surface area contributed by atoms with Crippen LogP contribution in [0.4, 0.5) is 5.82 Å². The minimum atomic E-state index is -0.175. The Labute approximate surface area is 151 Å². The van der Waals surface area contributed by atoms with E-state index in [0.717, 1.165) is 22.7 Å². The number of aromatic nitrogens is 3. The number of hydrogen-bond donors (Lipinski definition) is 2. The number of pyridine rings is 1. The van der Waals surface area contributed by atoms with Crippen molar-refractivity contribution in [3.8, 4) is 17.1 Å². The zero-order chi connectivity index (χ0) is 18.4. The van der Waals surface area contributed by atoms with Crippen molar-refractivity contribution >= 4 is 5.82 Å². The van der Waals surface area contributed by atoms with Gasteiger partial charge < -0.3 is 15.0 Å². The van der Waals surface area contributed by atoms with Crippen LogP contribution in [0, 0.1) is 6.92 Å². The largest absolute Gasteiger partial charge is 0.489 e. The summed E-state index contributed by atoms with van der Waals surface area (Å²) in [7, 11) is 0. The molecule has 0 bridgehead atoms. The molecular weight excluding hydrogens is 328 g/mol. The molecule has 0 unspecified atom stereocenters. The number of para-hydroxylation sites is 1. The van der Waals surface area contributed by atoms with Gasteiger partial charge in [-0.2, -0.15) is 0 Å². The van der Waals surface area contributed by atoms with Gasteiger partial charge in [-0.05, 0) is 25.1 Å². The third-order valence-corrected chi connectivity index (χ3v) is 3.70. The first-order valence-electron chi connectivity index (χ1n) is 8.25. The summed E-state index contributed by atoms with van der Waals surface area (Å²) in [6.07, 6.45) is 3.40. The van der Waals surface area contributed by atoms with Crippen molar-refractivity contribution < 1.29 is 4.74 Å². The molecular formula is C20H20N4O2. The minimum absolute atomic E-state index is 0.175. The topological polar surface area (TPSA) is 79.9 Å². The molecule has 2 aromatic heterocycles. The van der Waals surface area contributed by atoms with Crippen molar-refractivity contribution in [3.63, 3.8) is 0 Å². The Morgan fingerprint density at radius 2 is 2.12 bits per heavy atom. The zero-order valence-electron chi connectivity index (χ0n) is 14.5. The third-order valence-electron chi connectivity index (χ3n) is 3.70. The van der Waals surface area contributed by atoms with E-state index in [1.54, 1.807) is 19.2 Å². The number of rotatable bonds is 7. The molecule has 0 radical (unpaired) electrons. The predicted molar refractivity (Wildman–Crippen MR) is 102 cm³/mol. The van der Waals surface area contributed by atoms with Gasteiger partial charge in [-0.15, -0.1) is 0 Å². The van der Waals surface area contributed by atoms with Crippen LogP contribution in [0.25, 0.3) is 11.4 Å². The molecule has 26 heavy (non-hydrogen) atoms. The van der Waals surface area contributed by atoms with Gasteiger partial charge in [-0.3, -0.25) is 4.79 Å². The van der Waals surface area contributed by atoms with Crippen LogP contribution >= 0.6 is 0 Å². The molecule has 2 N–H and O–H groups in total. The second kappa shape index (κ2) is 8.11. The van der Waals surface area contributed by atoms with Gasteiger partial charge in [0.25, 0.3) is 5.56 Å². The van der Waals surface area contributed by atoms with E-state index in [9.17, 15) is 4.79 Å². The number of hydrogen-bond acceptors (Lipinski definition) is 5. The van der Waals surface area contributed by atoms with Gasteiger partial charge in [0.1, 0.15) is 24.0 Å². The molecule has 0 amide bonds. The van der Waals surface area contributed by atoms with E-state index < -0.39 is 0 Å². The lowest BCUT2D eigenvalue weighted by Crippen LogP contribution is -2.09. The summed E-state index contributed by atoms with van der Waals surface area (Å²) in [6, 6.07) is 13.0. The molecule has 0 aliphatic rings. The van der Waals surface area contributed by atoms with Gasteiger partial charge in [0.15, 0.2) is 0 Å². The van der Waals surface area contributed by atoms with Crippen LogP contribution in [-0.2, 0) is 6.54 Å². The van der Waals surface area contributed by atoms with Crippen LogP contribution in [0.1, 0.15) is 11.3 Å². The Balaban J connectivity index is 1.70. The lowest BCUT2D eigenvalue weighted by atomic mass is 10.2. The van der Waals surface area contributed by atoms with Crippen molar-refractivity contribution in [3.05, 3.63) is 82.9 Å². The SMILES string of the molecule is C=CCOc1ccccc1CNc1ccc(-c2nc(C)cc(=O)[nH]2)cn1. The Hall–Kier alpha value is -3.41. The van der Waals surface area contributed by atoms with Gasteiger partial charge in [-0.25, -0.2) is 9.97 Å². The second-order valence-electron chi connectivity index (χ2n) is 5.73. The number of anilines is 1. The Morgan fingerprint density at radius 3 is 2.85 bits per heavy atom. The van der Waals surface area contributed by atoms with Crippen molar-refractivity contribution in [1.82, 2.24) is 15.0 Å². The summed E-state index contributed by atoms with van der Waals surface area (Å²) < 4.78 is 5.65. The summed E-state index contributed by atoms with van der Waals surface area (Å²) in [4.78, 5) is 23.0. The maximum absolute atomic E-state index is 11.6. The maximum atomic E-state index is 11.6. The highest BCUT2D eigenvalue weighted by Gasteiger charge is 2.05. The number of nitrogens with one attached hydrogen (secondary N) is 2. The summed E-state index contributed by atoms with van der Waals surface area (Å²) in [5.41, 5.74) is 2.28. The minimum Gasteiger partial charge on any atom is -0.489 e. The molecule has 0 fully saturated rings. The summed E-state index contributed by atoms with van der Waals surface area (Å²) in [5, 5.41) is 3.27. The molecule has 132 valence electrons. The smallest absolute Gasteiger partial charge is 0.251 e. The van der Waals surface area contributed by atoms with E-state index in [1.165, 1.54) is 6.07 Å². The van der Waals surface area contributed by atoms with E-state index in [2.05, 4.69) is 26.8 Å². The zero-order valence-corrected chi connectivity index (χ0v) is 14.5. The van der Waals surface area contributed by atoms with E-state index in [4.69, 9.17) is 4.74 Å². The summed E-state index contributed by atoms with van der Waals surface area (Å²) in [5.74, 6) is 2.05. The predicted octanol–water partition coefficient (Wildman–Crippen LogP) is 3.32. The molecule has 2 heterocycles. The van der Waals surface area contributed by atoms with Gasteiger partial charge >= 0.3 is 0 Å². The molecule has 0 saturated heterocycles. The van der Waals surface area contributed by atoms with Crippen molar-refractivity contribution in [2.45, 2.75) is 13.5 Å². The third kappa shape index (κ3) is 4.36. The number of benzene rings is 1. The Morgan fingerprint density at radius 1 is 1.27 bits per heavy atom. The molecule has 1 aromatic carbocycles. The van der Waals surface area contributed by atoms with Crippen LogP contribution in [0.2, 0.25) is 0 Å². The lowest BCUT2D eigenvalue weighted by Gasteiger charge is -2.11. The van der Waals surface area contributed by atoms with E-state index in [-0.39, 0.29) is 5.56 Å². The first-order chi connectivity index (χ1) is 12.7. The van der Waals surface area contributed by atoms with Gasteiger partial charge in [0, 0.05) is 35.6 Å². The van der Waals surface area contributed by atoms with Crippen LogP contribution in [0.5, 0.6) is 5.75 Å². The molecule has 0 aliphatic carbocycles. The summed E-state index contributed by atoms with van der Waals surface area (Å²) >= 11 is 0. The highest BCUT2D eigenvalue weighted by molar-refractivity contribution is 5.56. The monoisotopic (exact) mass is 348 g/mol. The number of aryl methyl sites for hydroxylation is 1. The van der Waals surface area contributed by atoms with E-state index >= 15 is 0 Å². The normalized spacial score (nSPS) is 10.3. The number of ether oxygens (including phenoxy) is 1. The van der Waals surface area contributed by atoms with Gasteiger partial charge in [0.2, 0.25) is 0 Å². The highest BCUT2D eigenvalue weighted by Crippen LogP contribution is 2.20. The van der Waals surface area contributed by atoms with Crippen LogP contribution in [0.15, 0.2) is 66.1 Å². The van der Waals surface area contributed by atoms with Gasteiger partial charge in [-0.1, -0.05) is 30.9 Å². The van der Waals surface area contributed by atoms with Crippen LogP contribution in [0.3, 0.4) is 0 Å². The number of nitrogens with zero attached hydrogens (tertiary/aromatic N) is 2. The number of aromatic amines is 1. The van der Waals surface area contributed by atoms with Crippen molar-refractivity contribution in [1.29, 1.82) is 0 Å². The highest BCUT2D eigenvalue weighted by atomic mass is 16.5. The molecule has 6 heteroatoms. The fourth-order valence-electron chi connectivity index (χ4n) is 2.48. The molecule has 0 aliphatic heterocycles. The fraction of sp³-hybridized carbons (Fsp3) is 0.150. The quantitative estimate of drug-likeness (QED) is 0.640. The molecule has 0 saturated carbocycles. The molecule has 3 rings (SSSR count). The van der Waals surface area contributed by atoms with Crippen molar-refractivity contribution in [2.24, 2.45) is 0 Å². The molecule has 3 aromatic rings. The fourth-order valence-corrected chi connectivity index (χ4v) is 2.48. The van der Waals surface area contributed by atoms with Crippen LogP contribution < -0.4 is 15.6 Å². The lowest BCUT2D eigenvalue weighted by molar-refractivity contribution is 0.359. The molecule has 0 spiro atoms. The molecule has 6 nitrogen and oxygen atoms in total. The average Bonchev–Trinajstić information content (AvgIpc) is 2.65. The Kier molecular flexibility index (Phi) is 5.43. The standard InChI is InChI=1S/C20H20N4O2/c1-3-10-26-17-7-5-4-6-15(17)12-21-18-9-8-16(13-22-18)20-23-14(2)11-19(25)24-20/h3-9,11,13H,1,10,12H2,2H3,(H,21,22)(H,23,24,25). The van der Waals surface area contributed by atoms with E-state index in [1.807, 2.05) is 36.4 Å². The van der Waals surface area contributed by atoms with Gasteiger partial charge in [0.05, 0.1) is 0 Å².